The third-order valence-corrected chi connectivity index (χ3v) is 4.33. The predicted molar refractivity (Wildman–Crippen MR) is 91.5 cm³/mol. The lowest BCUT2D eigenvalue weighted by atomic mass is 9.92. The van der Waals surface area contributed by atoms with Crippen LogP contribution in [0.2, 0.25) is 0 Å². The number of aliphatic hydroxyl groups is 1. The van der Waals surface area contributed by atoms with Gasteiger partial charge in [-0.2, -0.15) is 0 Å². The van der Waals surface area contributed by atoms with E-state index in [0.29, 0.717) is 6.42 Å². The van der Waals surface area contributed by atoms with Crippen molar-refractivity contribution < 1.29 is 5.11 Å². The van der Waals surface area contributed by atoms with Crippen LogP contribution in [0, 0.1) is 6.92 Å². The lowest BCUT2D eigenvalue weighted by Gasteiger charge is -2.17. The summed E-state index contributed by atoms with van der Waals surface area (Å²) in [5.74, 6) is 0. The highest BCUT2D eigenvalue weighted by molar-refractivity contribution is 9.10. The van der Waals surface area contributed by atoms with Crippen molar-refractivity contribution in [3.63, 3.8) is 0 Å². The molecule has 0 saturated carbocycles. The van der Waals surface area contributed by atoms with Crippen molar-refractivity contribution in [3.05, 3.63) is 81.8 Å². The predicted octanol–water partition coefficient (Wildman–Crippen LogP) is 5.19. The van der Waals surface area contributed by atoms with Crippen molar-refractivity contribution in [2.75, 3.05) is 0 Å². The Balaban J connectivity index is 2.01. The molecule has 0 heterocycles. The van der Waals surface area contributed by atoms with Crippen LogP contribution >= 0.6 is 15.9 Å². The molecule has 0 saturated heterocycles. The molecule has 0 bridgehead atoms. The van der Waals surface area contributed by atoms with E-state index in [-0.39, 0.29) is 0 Å². The zero-order valence-corrected chi connectivity index (χ0v) is 13.5. The maximum absolute atomic E-state index is 10.7. The number of rotatable bonds is 3. The molecule has 1 atom stereocenters. The molecule has 1 nitrogen and oxygen atoms in total. The molecule has 0 aliphatic heterocycles. The maximum atomic E-state index is 10.7. The molecule has 1 unspecified atom stereocenters. The van der Waals surface area contributed by atoms with E-state index in [4.69, 9.17) is 0 Å². The van der Waals surface area contributed by atoms with E-state index in [2.05, 4.69) is 59.3 Å². The van der Waals surface area contributed by atoms with Crippen LogP contribution < -0.4 is 0 Å². The van der Waals surface area contributed by atoms with E-state index >= 15 is 0 Å². The van der Waals surface area contributed by atoms with Crippen LogP contribution in [0.15, 0.2) is 65.1 Å². The number of fused-ring (bicyclic) bond motifs is 1. The monoisotopic (exact) mass is 340 g/mol. The van der Waals surface area contributed by atoms with Gasteiger partial charge in [-0.3, -0.25) is 0 Å². The number of halogens is 1. The van der Waals surface area contributed by atoms with Crippen LogP contribution in [0.3, 0.4) is 0 Å². The van der Waals surface area contributed by atoms with E-state index in [1.54, 1.807) is 0 Å². The molecule has 3 aromatic rings. The summed E-state index contributed by atoms with van der Waals surface area (Å²) < 4.78 is 1.04. The molecule has 21 heavy (non-hydrogen) atoms. The number of benzene rings is 3. The van der Waals surface area contributed by atoms with Crippen LogP contribution in [0.25, 0.3) is 10.8 Å². The van der Waals surface area contributed by atoms with Crippen LogP contribution in [0.1, 0.15) is 22.8 Å². The summed E-state index contributed by atoms with van der Waals surface area (Å²) in [5, 5.41) is 13.0. The summed E-state index contributed by atoms with van der Waals surface area (Å²) in [7, 11) is 0. The molecule has 0 spiro atoms. The van der Waals surface area contributed by atoms with Crippen LogP contribution in [-0.2, 0) is 6.42 Å². The van der Waals surface area contributed by atoms with Crippen LogP contribution in [-0.4, -0.2) is 5.11 Å². The number of aryl methyl sites for hydroxylation is 1. The first-order valence-corrected chi connectivity index (χ1v) is 7.85. The minimum atomic E-state index is -0.495. The summed E-state index contributed by atoms with van der Waals surface area (Å²) in [6, 6.07) is 20.5. The van der Waals surface area contributed by atoms with E-state index in [9.17, 15) is 5.11 Å². The lowest BCUT2D eigenvalue weighted by Crippen LogP contribution is -2.05. The first kappa shape index (κ1) is 14.3. The largest absolute Gasteiger partial charge is 0.388 e. The Morgan fingerprint density at radius 3 is 2.62 bits per heavy atom. The molecular weight excluding hydrogens is 324 g/mol. The average Bonchev–Trinajstić information content (AvgIpc) is 2.47. The Labute approximate surface area is 133 Å². The topological polar surface area (TPSA) is 20.2 Å². The van der Waals surface area contributed by atoms with Gasteiger partial charge in [-0.25, -0.2) is 0 Å². The van der Waals surface area contributed by atoms with Crippen molar-refractivity contribution in [2.45, 2.75) is 19.4 Å². The zero-order chi connectivity index (χ0) is 14.8. The second kappa shape index (κ2) is 6.00. The fraction of sp³-hybridized carbons (Fsp3) is 0.158. The maximum Gasteiger partial charge on any atom is 0.0838 e. The summed E-state index contributed by atoms with van der Waals surface area (Å²) in [6.07, 6.45) is 0.124. The first-order valence-electron chi connectivity index (χ1n) is 7.06. The van der Waals surface area contributed by atoms with Crippen molar-refractivity contribution in [1.29, 1.82) is 0 Å². The van der Waals surface area contributed by atoms with E-state index in [1.807, 2.05) is 24.3 Å². The quantitative estimate of drug-likeness (QED) is 0.695. The zero-order valence-electron chi connectivity index (χ0n) is 11.9. The number of hydrogen-bond donors (Lipinski definition) is 1. The molecule has 0 radical (unpaired) electrons. The highest BCUT2D eigenvalue weighted by Gasteiger charge is 2.14. The third kappa shape index (κ3) is 3.02. The minimum Gasteiger partial charge on any atom is -0.388 e. The van der Waals surface area contributed by atoms with E-state index < -0.39 is 6.10 Å². The molecule has 0 fully saturated rings. The molecule has 106 valence electrons. The standard InChI is InChI=1S/C19H17BrO/c1-13-9-10-15-6-2-3-8-17(15)19(13)18(21)12-14-5-4-7-16(20)11-14/h2-11,18,21H,12H2,1H3. The van der Waals surface area contributed by atoms with Gasteiger partial charge in [-0.15, -0.1) is 0 Å². The minimum absolute atomic E-state index is 0.495. The smallest absolute Gasteiger partial charge is 0.0838 e. The highest BCUT2D eigenvalue weighted by Crippen LogP contribution is 2.30. The molecule has 1 N–H and O–H groups in total. The van der Waals surface area contributed by atoms with Gasteiger partial charge in [0, 0.05) is 10.9 Å². The highest BCUT2D eigenvalue weighted by atomic mass is 79.9. The fourth-order valence-electron chi connectivity index (χ4n) is 2.84. The summed E-state index contributed by atoms with van der Waals surface area (Å²) in [6.45, 7) is 2.06. The molecule has 0 aromatic heterocycles. The molecule has 3 rings (SSSR count). The molecule has 0 amide bonds. The third-order valence-electron chi connectivity index (χ3n) is 3.84. The molecule has 0 aliphatic carbocycles. The Bertz CT molecular complexity index is 779. The summed E-state index contributed by atoms with van der Waals surface area (Å²) >= 11 is 3.48. The molecule has 0 aliphatic rings. The van der Waals surface area contributed by atoms with Gasteiger partial charge >= 0.3 is 0 Å². The van der Waals surface area contributed by atoms with Gasteiger partial charge in [0.1, 0.15) is 0 Å². The number of aliphatic hydroxyl groups excluding tert-OH is 1. The average molecular weight is 341 g/mol. The normalized spacial score (nSPS) is 12.5. The van der Waals surface area contributed by atoms with Gasteiger partial charge in [0.25, 0.3) is 0 Å². The van der Waals surface area contributed by atoms with Gasteiger partial charge in [0.05, 0.1) is 6.10 Å². The van der Waals surface area contributed by atoms with Gasteiger partial charge in [-0.1, -0.05) is 64.5 Å². The molecule has 2 heteroatoms. The number of hydrogen-bond acceptors (Lipinski definition) is 1. The van der Waals surface area contributed by atoms with E-state index in [1.165, 1.54) is 5.39 Å². The second-order valence-electron chi connectivity index (χ2n) is 5.37. The fourth-order valence-corrected chi connectivity index (χ4v) is 3.28. The molecular formula is C19H17BrO. The Kier molecular flexibility index (Phi) is 4.09. The van der Waals surface area contributed by atoms with E-state index in [0.717, 1.165) is 26.5 Å². The SMILES string of the molecule is Cc1ccc2ccccc2c1C(O)Cc1cccc(Br)c1. The summed E-state index contributed by atoms with van der Waals surface area (Å²) in [4.78, 5) is 0. The first-order chi connectivity index (χ1) is 10.1. The van der Waals surface area contributed by atoms with Gasteiger partial charge in [-0.05, 0) is 46.5 Å². The van der Waals surface area contributed by atoms with Gasteiger partial charge in [0.15, 0.2) is 0 Å². The van der Waals surface area contributed by atoms with Gasteiger partial charge < -0.3 is 5.11 Å². The molecule has 3 aromatic carbocycles. The van der Waals surface area contributed by atoms with Crippen molar-refractivity contribution in [1.82, 2.24) is 0 Å². The Hall–Kier alpha value is -1.64. The van der Waals surface area contributed by atoms with Crippen molar-refractivity contribution >= 4 is 26.7 Å². The van der Waals surface area contributed by atoms with Crippen molar-refractivity contribution in [3.8, 4) is 0 Å². The van der Waals surface area contributed by atoms with Crippen molar-refractivity contribution in [2.24, 2.45) is 0 Å². The van der Waals surface area contributed by atoms with Crippen LogP contribution in [0.4, 0.5) is 0 Å². The lowest BCUT2D eigenvalue weighted by molar-refractivity contribution is 0.179. The van der Waals surface area contributed by atoms with Crippen LogP contribution in [0.5, 0.6) is 0 Å². The Morgan fingerprint density at radius 2 is 1.81 bits per heavy atom. The van der Waals surface area contributed by atoms with Gasteiger partial charge in [0.2, 0.25) is 0 Å². The summed E-state index contributed by atoms with van der Waals surface area (Å²) in [5.41, 5.74) is 3.30. The second-order valence-corrected chi connectivity index (χ2v) is 6.28. The Morgan fingerprint density at radius 1 is 1.00 bits per heavy atom.